The first-order chi connectivity index (χ1) is 16.5. The van der Waals surface area contributed by atoms with Crippen molar-refractivity contribution in [2.45, 2.75) is 43.4 Å². The van der Waals surface area contributed by atoms with E-state index in [9.17, 15) is 8.42 Å². The van der Waals surface area contributed by atoms with Crippen LogP contribution in [0.1, 0.15) is 44.1 Å². The Morgan fingerprint density at radius 1 is 1.09 bits per heavy atom. The number of sulfonamides is 1. The van der Waals surface area contributed by atoms with Gasteiger partial charge >= 0.3 is 0 Å². The van der Waals surface area contributed by atoms with Crippen LogP contribution in [0.15, 0.2) is 53.6 Å². The molecule has 0 unspecified atom stereocenters. The molecule has 1 aliphatic rings. The van der Waals surface area contributed by atoms with E-state index in [1.54, 1.807) is 31.4 Å². The molecule has 2 N–H and O–H groups in total. The predicted octanol–water partition coefficient (Wildman–Crippen LogP) is 4.51. The van der Waals surface area contributed by atoms with E-state index in [2.05, 4.69) is 39.9 Å². The summed E-state index contributed by atoms with van der Waals surface area (Å²) in [7, 11) is -1.84. The molecule has 2 aromatic carbocycles. The first-order valence-corrected chi connectivity index (χ1v) is 13.6. The molecule has 2 heterocycles. The summed E-state index contributed by atoms with van der Waals surface area (Å²) in [5.41, 5.74) is 2.48. The smallest absolute Gasteiger partial charge is 0.240 e. The van der Waals surface area contributed by atoms with E-state index in [4.69, 9.17) is 9.47 Å². The van der Waals surface area contributed by atoms with Crippen LogP contribution in [0.3, 0.4) is 0 Å². The van der Waals surface area contributed by atoms with Crippen LogP contribution in [0, 0.1) is 0 Å². The lowest BCUT2D eigenvalue weighted by Gasteiger charge is -2.32. The Hall–Kier alpha value is -2.55. The van der Waals surface area contributed by atoms with Gasteiger partial charge in [-0.05, 0) is 86.3 Å². The van der Waals surface area contributed by atoms with Crippen molar-refractivity contribution in [3.8, 4) is 11.5 Å². The van der Waals surface area contributed by atoms with Gasteiger partial charge in [0.1, 0.15) is 11.5 Å². The van der Waals surface area contributed by atoms with Crippen LogP contribution < -0.4 is 14.2 Å². The summed E-state index contributed by atoms with van der Waals surface area (Å²) in [6, 6.07) is 12.8. The van der Waals surface area contributed by atoms with Gasteiger partial charge in [-0.25, -0.2) is 13.1 Å². The Labute approximate surface area is 202 Å². The minimum atomic E-state index is -3.53. The molecule has 1 saturated heterocycles. The molecule has 0 spiro atoms. The number of piperidine rings is 1. The fourth-order valence-corrected chi connectivity index (χ4v) is 5.55. The maximum atomic E-state index is 12.6. The van der Waals surface area contributed by atoms with E-state index in [1.807, 2.05) is 6.07 Å². The summed E-state index contributed by atoms with van der Waals surface area (Å²) >= 11 is 0. The van der Waals surface area contributed by atoms with Gasteiger partial charge in [-0.3, -0.25) is 0 Å². The van der Waals surface area contributed by atoms with Crippen LogP contribution in [0.2, 0.25) is 0 Å². The van der Waals surface area contributed by atoms with Crippen molar-refractivity contribution in [3.63, 3.8) is 0 Å². The first-order valence-electron chi connectivity index (χ1n) is 12.1. The zero-order chi connectivity index (χ0) is 24.0. The number of hydrogen-bond donors (Lipinski definition) is 2. The van der Waals surface area contributed by atoms with Crippen molar-refractivity contribution in [1.82, 2.24) is 14.6 Å². The summed E-state index contributed by atoms with van der Waals surface area (Å²) in [5, 5.41) is 1.23. The zero-order valence-corrected chi connectivity index (χ0v) is 20.9. The molecular formula is C26H35N3O4S. The van der Waals surface area contributed by atoms with E-state index in [0.29, 0.717) is 31.4 Å². The van der Waals surface area contributed by atoms with Crippen LogP contribution in [0.4, 0.5) is 0 Å². The second-order valence-electron chi connectivity index (χ2n) is 8.84. The lowest BCUT2D eigenvalue weighted by atomic mass is 9.89. The molecule has 3 aromatic rings. The Morgan fingerprint density at radius 2 is 1.82 bits per heavy atom. The monoisotopic (exact) mass is 485 g/mol. The van der Waals surface area contributed by atoms with E-state index >= 15 is 0 Å². The molecule has 0 atom stereocenters. The van der Waals surface area contributed by atoms with E-state index in [0.717, 1.165) is 50.0 Å². The Bertz CT molecular complexity index is 1170. The van der Waals surface area contributed by atoms with Crippen molar-refractivity contribution < 1.29 is 17.9 Å². The van der Waals surface area contributed by atoms with Gasteiger partial charge in [0.15, 0.2) is 0 Å². The molecule has 1 fully saturated rings. The van der Waals surface area contributed by atoms with Gasteiger partial charge in [-0.15, -0.1) is 0 Å². The third-order valence-corrected chi connectivity index (χ3v) is 8.05. The molecule has 8 heteroatoms. The number of H-pyrrole nitrogens is 1. The minimum absolute atomic E-state index is 0.267. The summed E-state index contributed by atoms with van der Waals surface area (Å²) in [5.74, 6) is 2.06. The van der Waals surface area contributed by atoms with E-state index < -0.39 is 10.0 Å². The normalized spacial score (nSPS) is 15.6. The topological polar surface area (TPSA) is 83.7 Å². The molecule has 7 nitrogen and oxygen atoms in total. The number of aromatic nitrogens is 1. The minimum Gasteiger partial charge on any atom is -0.497 e. The van der Waals surface area contributed by atoms with Gasteiger partial charge in [-0.2, -0.15) is 0 Å². The summed E-state index contributed by atoms with van der Waals surface area (Å²) in [4.78, 5) is 5.98. The van der Waals surface area contributed by atoms with Gasteiger partial charge in [-0.1, -0.05) is 13.3 Å². The van der Waals surface area contributed by atoms with Crippen LogP contribution in [-0.4, -0.2) is 58.2 Å². The van der Waals surface area contributed by atoms with Gasteiger partial charge in [0.25, 0.3) is 0 Å². The molecule has 34 heavy (non-hydrogen) atoms. The third kappa shape index (κ3) is 5.92. The van der Waals surface area contributed by atoms with Crippen LogP contribution in [-0.2, 0) is 10.0 Å². The average molecular weight is 486 g/mol. The van der Waals surface area contributed by atoms with Gasteiger partial charge in [0.2, 0.25) is 10.0 Å². The molecule has 1 aromatic heterocycles. The van der Waals surface area contributed by atoms with Crippen molar-refractivity contribution in [2.24, 2.45) is 0 Å². The maximum Gasteiger partial charge on any atom is 0.240 e. The van der Waals surface area contributed by atoms with Gasteiger partial charge in [0.05, 0.1) is 18.6 Å². The SMILES string of the molecule is CCCCOc1ccc(S(=O)(=O)NCCN2CCC(c3c[nH]c4ccc(OC)cc34)CC2)cc1. The highest BCUT2D eigenvalue weighted by atomic mass is 32.2. The number of likely N-dealkylation sites (tertiary alicyclic amines) is 1. The van der Waals surface area contributed by atoms with E-state index in [-0.39, 0.29) is 4.90 Å². The molecule has 0 aliphatic carbocycles. The molecular weight excluding hydrogens is 450 g/mol. The highest BCUT2D eigenvalue weighted by Gasteiger charge is 2.23. The summed E-state index contributed by atoms with van der Waals surface area (Å²) < 4.78 is 39.0. The van der Waals surface area contributed by atoms with Crippen molar-refractivity contribution in [2.75, 3.05) is 39.9 Å². The Balaban J connectivity index is 1.25. The van der Waals surface area contributed by atoms with Crippen LogP contribution in [0.25, 0.3) is 10.9 Å². The number of unbranched alkanes of at least 4 members (excludes halogenated alkanes) is 1. The number of rotatable bonds is 11. The fraction of sp³-hybridized carbons (Fsp3) is 0.462. The average Bonchev–Trinajstić information content (AvgIpc) is 3.28. The number of aromatic amines is 1. The van der Waals surface area contributed by atoms with Crippen molar-refractivity contribution >= 4 is 20.9 Å². The number of nitrogens with zero attached hydrogens (tertiary/aromatic N) is 1. The third-order valence-electron chi connectivity index (χ3n) is 6.57. The molecule has 0 bridgehead atoms. The van der Waals surface area contributed by atoms with Crippen LogP contribution in [0.5, 0.6) is 11.5 Å². The molecule has 4 rings (SSSR count). The molecule has 0 amide bonds. The quantitative estimate of drug-likeness (QED) is 0.390. The second kappa shape index (κ2) is 11.3. The van der Waals surface area contributed by atoms with E-state index in [1.165, 1.54) is 10.9 Å². The molecule has 0 saturated carbocycles. The van der Waals surface area contributed by atoms with Gasteiger partial charge in [0, 0.05) is 30.2 Å². The Morgan fingerprint density at radius 3 is 2.53 bits per heavy atom. The molecule has 1 aliphatic heterocycles. The van der Waals surface area contributed by atoms with Crippen molar-refractivity contribution in [1.29, 1.82) is 0 Å². The number of fused-ring (bicyclic) bond motifs is 1. The lowest BCUT2D eigenvalue weighted by Crippen LogP contribution is -2.39. The first kappa shape index (κ1) is 24.6. The predicted molar refractivity (Wildman–Crippen MR) is 135 cm³/mol. The van der Waals surface area contributed by atoms with Crippen molar-refractivity contribution in [3.05, 3.63) is 54.2 Å². The number of benzene rings is 2. The standard InChI is InChI=1S/C26H35N3O4S/c1-3-4-17-33-21-5-8-23(9-6-21)34(30,31)28-13-16-29-14-11-20(12-15-29)25-19-27-26-10-7-22(32-2)18-24(25)26/h5-10,18-20,27-28H,3-4,11-17H2,1-2H3. The Kier molecular flexibility index (Phi) is 8.13. The fourth-order valence-electron chi connectivity index (χ4n) is 4.52. The largest absolute Gasteiger partial charge is 0.497 e. The number of hydrogen-bond acceptors (Lipinski definition) is 5. The number of nitrogens with one attached hydrogen (secondary N) is 2. The lowest BCUT2D eigenvalue weighted by molar-refractivity contribution is 0.216. The zero-order valence-electron chi connectivity index (χ0n) is 20.0. The highest BCUT2D eigenvalue weighted by molar-refractivity contribution is 7.89. The molecule has 184 valence electrons. The molecule has 0 radical (unpaired) electrons. The highest BCUT2D eigenvalue weighted by Crippen LogP contribution is 2.34. The summed E-state index contributed by atoms with van der Waals surface area (Å²) in [6.45, 7) is 5.75. The number of methoxy groups -OCH3 is 1. The number of ether oxygens (including phenoxy) is 2. The second-order valence-corrected chi connectivity index (χ2v) is 10.6. The van der Waals surface area contributed by atoms with Crippen LogP contribution >= 0.6 is 0 Å². The maximum absolute atomic E-state index is 12.6. The summed E-state index contributed by atoms with van der Waals surface area (Å²) in [6.07, 6.45) is 6.27. The van der Waals surface area contributed by atoms with Gasteiger partial charge < -0.3 is 19.4 Å².